The summed E-state index contributed by atoms with van der Waals surface area (Å²) in [6, 6.07) is 1.17. The summed E-state index contributed by atoms with van der Waals surface area (Å²) >= 11 is 0. The third-order valence-corrected chi connectivity index (χ3v) is 6.08. The summed E-state index contributed by atoms with van der Waals surface area (Å²) in [5.41, 5.74) is 6.14. The van der Waals surface area contributed by atoms with Crippen molar-refractivity contribution >= 4 is 5.96 Å². The Labute approximate surface area is 110 Å². The van der Waals surface area contributed by atoms with Gasteiger partial charge in [0.25, 0.3) is 0 Å². The zero-order valence-electron chi connectivity index (χ0n) is 11.1. The minimum absolute atomic E-state index is 0.537. The Balaban J connectivity index is 1.37. The average Bonchev–Trinajstić information content (AvgIpc) is 3.08. The van der Waals surface area contributed by atoms with E-state index in [1.165, 1.54) is 51.4 Å². The molecule has 4 fully saturated rings. The highest BCUT2D eigenvalue weighted by atomic mass is 15.1. The van der Waals surface area contributed by atoms with E-state index < -0.39 is 0 Å². The maximum absolute atomic E-state index is 6.14. The lowest BCUT2D eigenvalue weighted by Gasteiger charge is -2.25. The molecule has 4 rings (SSSR count). The zero-order chi connectivity index (χ0) is 12.1. The number of hydrogen-bond donors (Lipinski definition) is 2. The third-order valence-electron chi connectivity index (χ3n) is 6.08. The molecule has 3 heteroatoms. The molecule has 4 aliphatic rings. The molecule has 3 nitrogen and oxygen atoms in total. The van der Waals surface area contributed by atoms with Gasteiger partial charge in [-0.3, -0.25) is 0 Å². The molecule has 0 aromatic heterocycles. The molecule has 4 saturated carbocycles. The summed E-state index contributed by atoms with van der Waals surface area (Å²) in [6.07, 6.45) is 11.2. The van der Waals surface area contributed by atoms with Gasteiger partial charge in [-0.25, -0.2) is 4.99 Å². The topological polar surface area (TPSA) is 50.4 Å². The van der Waals surface area contributed by atoms with Crippen LogP contribution in [0.4, 0.5) is 0 Å². The molecule has 3 N–H and O–H groups in total. The SMILES string of the molecule is NC(=N[C@@H]1C[C@H]2CC[C@H]1C2)N[C@@H]1C[C@H]2CC[C@H]1C2. The Morgan fingerprint density at radius 1 is 0.889 bits per heavy atom. The first kappa shape index (κ1) is 11.1. The maximum Gasteiger partial charge on any atom is 0.189 e. The lowest BCUT2D eigenvalue weighted by atomic mass is 9.95. The van der Waals surface area contributed by atoms with Crippen LogP contribution in [0.25, 0.3) is 0 Å². The molecule has 0 radical (unpaired) electrons. The van der Waals surface area contributed by atoms with Crippen molar-refractivity contribution in [2.45, 2.75) is 63.5 Å². The van der Waals surface area contributed by atoms with Crippen LogP contribution in [0, 0.1) is 23.7 Å². The van der Waals surface area contributed by atoms with E-state index in [0.717, 1.165) is 29.6 Å². The van der Waals surface area contributed by atoms with Crippen LogP contribution < -0.4 is 11.1 Å². The molecule has 18 heavy (non-hydrogen) atoms. The number of hydrogen-bond acceptors (Lipinski definition) is 1. The van der Waals surface area contributed by atoms with Crippen LogP contribution in [0.15, 0.2) is 4.99 Å². The van der Waals surface area contributed by atoms with Crippen LogP contribution in [-0.4, -0.2) is 18.0 Å². The Hall–Kier alpha value is -0.730. The van der Waals surface area contributed by atoms with Crippen LogP contribution >= 0.6 is 0 Å². The number of guanidine groups is 1. The number of nitrogens with one attached hydrogen (secondary N) is 1. The van der Waals surface area contributed by atoms with E-state index in [4.69, 9.17) is 10.7 Å². The van der Waals surface area contributed by atoms with Crippen LogP contribution in [-0.2, 0) is 0 Å². The molecule has 0 aromatic rings. The van der Waals surface area contributed by atoms with Crippen LogP contribution in [0.2, 0.25) is 0 Å². The predicted octanol–water partition coefficient (Wildman–Crippen LogP) is 2.27. The number of fused-ring (bicyclic) bond motifs is 4. The summed E-state index contributed by atoms with van der Waals surface area (Å²) in [5.74, 6) is 4.39. The zero-order valence-corrected chi connectivity index (χ0v) is 11.1. The third kappa shape index (κ3) is 1.83. The van der Waals surface area contributed by atoms with Crippen LogP contribution in [0.3, 0.4) is 0 Å². The van der Waals surface area contributed by atoms with Crippen molar-refractivity contribution in [1.82, 2.24) is 5.32 Å². The standard InChI is InChI=1S/C15H25N3/c16-15(17-13-7-9-1-3-11(13)5-9)18-14-8-10-2-4-12(14)6-10/h9-14H,1-8H2,(H3,16,17,18)/t9-,10-,11-,12-,13+,14+/m0/s1. The van der Waals surface area contributed by atoms with Crippen molar-refractivity contribution in [3.63, 3.8) is 0 Å². The number of rotatable bonds is 2. The van der Waals surface area contributed by atoms with Crippen LogP contribution in [0.5, 0.6) is 0 Å². The first-order valence-corrected chi connectivity index (χ1v) is 7.87. The van der Waals surface area contributed by atoms with E-state index in [1.54, 1.807) is 0 Å². The van der Waals surface area contributed by atoms with Crippen molar-refractivity contribution in [2.24, 2.45) is 34.4 Å². The van der Waals surface area contributed by atoms with Gasteiger partial charge in [0.05, 0.1) is 6.04 Å². The van der Waals surface area contributed by atoms with E-state index in [1.807, 2.05) is 0 Å². The highest BCUT2D eigenvalue weighted by Gasteiger charge is 2.41. The Morgan fingerprint density at radius 2 is 1.61 bits per heavy atom. The lowest BCUT2D eigenvalue weighted by molar-refractivity contribution is 0.384. The number of nitrogens with two attached hydrogens (primary N) is 1. The van der Waals surface area contributed by atoms with Crippen molar-refractivity contribution in [1.29, 1.82) is 0 Å². The molecule has 0 amide bonds. The molecular weight excluding hydrogens is 222 g/mol. The van der Waals surface area contributed by atoms with Gasteiger partial charge in [0, 0.05) is 6.04 Å². The smallest absolute Gasteiger partial charge is 0.189 e. The van der Waals surface area contributed by atoms with E-state index >= 15 is 0 Å². The van der Waals surface area contributed by atoms with Gasteiger partial charge in [-0.05, 0) is 62.2 Å². The van der Waals surface area contributed by atoms with Crippen molar-refractivity contribution in [2.75, 3.05) is 0 Å². The monoisotopic (exact) mass is 247 g/mol. The fourth-order valence-electron chi connectivity index (χ4n) is 5.20. The largest absolute Gasteiger partial charge is 0.370 e. The molecule has 0 saturated heterocycles. The molecule has 0 unspecified atom stereocenters. The van der Waals surface area contributed by atoms with Gasteiger partial charge in [0.1, 0.15) is 0 Å². The fourth-order valence-corrected chi connectivity index (χ4v) is 5.20. The highest BCUT2D eigenvalue weighted by Crippen LogP contribution is 2.46. The second-order valence-electron chi connectivity index (χ2n) is 7.18. The van der Waals surface area contributed by atoms with Gasteiger partial charge in [-0.15, -0.1) is 0 Å². The molecule has 0 heterocycles. The molecule has 100 valence electrons. The second-order valence-corrected chi connectivity index (χ2v) is 7.18. The molecule has 4 bridgehead atoms. The van der Waals surface area contributed by atoms with Gasteiger partial charge in [0.2, 0.25) is 0 Å². The summed E-state index contributed by atoms with van der Waals surface area (Å²) in [6.45, 7) is 0. The van der Waals surface area contributed by atoms with Gasteiger partial charge in [-0.1, -0.05) is 12.8 Å². The van der Waals surface area contributed by atoms with Crippen molar-refractivity contribution < 1.29 is 0 Å². The van der Waals surface area contributed by atoms with Gasteiger partial charge < -0.3 is 11.1 Å². The minimum atomic E-state index is 0.537. The number of aliphatic imine (C=N–C) groups is 1. The first-order chi connectivity index (χ1) is 8.78. The summed E-state index contributed by atoms with van der Waals surface area (Å²) in [4.78, 5) is 4.79. The molecule has 6 atom stereocenters. The second kappa shape index (κ2) is 4.14. The van der Waals surface area contributed by atoms with Gasteiger partial charge in [0.15, 0.2) is 5.96 Å². The molecule has 0 aliphatic heterocycles. The minimum Gasteiger partial charge on any atom is -0.370 e. The van der Waals surface area contributed by atoms with Crippen molar-refractivity contribution in [3.8, 4) is 0 Å². The highest BCUT2D eigenvalue weighted by molar-refractivity contribution is 5.78. The first-order valence-electron chi connectivity index (χ1n) is 7.87. The normalized spacial score (nSPS) is 50.1. The molecule has 0 spiro atoms. The molecular formula is C15H25N3. The van der Waals surface area contributed by atoms with Gasteiger partial charge >= 0.3 is 0 Å². The van der Waals surface area contributed by atoms with E-state index in [-0.39, 0.29) is 0 Å². The lowest BCUT2D eigenvalue weighted by Crippen LogP contribution is -2.43. The Morgan fingerprint density at radius 3 is 2.17 bits per heavy atom. The number of nitrogens with zero attached hydrogens (tertiary/aromatic N) is 1. The maximum atomic E-state index is 6.14. The Kier molecular flexibility index (Phi) is 2.56. The molecule has 0 aromatic carbocycles. The average molecular weight is 247 g/mol. The Bertz CT molecular complexity index is 365. The fraction of sp³-hybridized carbons (Fsp3) is 0.933. The predicted molar refractivity (Wildman–Crippen MR) is 73.2 cm³/mol. The van der Waals surface area contributed by atoms with Crippen LogP contribution in [0.1, 0.15) is 51.4 Å². The summed E-state index contributed by atoms with van der Waals surface area (Å²) in [5, 5.41) is 3.52. The van der Waals surface area contributed by atoms with E-state index in [2.05, 4.69) is 5.32 Å². The van der Waals surface area contributed by atoms with E-state index in [0.29, 0.717) is 12.1 Å². The summed E-state index contributed by atoms with van der Waals surface area (Å²) < 4.78 is 0. The molecule has 4 aliphatic carbocycles. The quantitative estimate of drug-likeness (QED) is 0.581. The van der Waals surface area contributed by atoms with E-state index in [9.17, 15) is 0 Å². The van der Waals surface area contributed by atoms with Crippen molar-refractivity contribution in [3.05, 3.63) is 0 Å². The summed E-state index contributed by atoms with van der Waals surface area (Å²) in [7, 11) is 0. The van der Waals surface area contributed by atoms with Gasteiger partial charge in [-0.2, -0.15) is 0 Å².